The fourth-order valence-corrected chi connectivity index (χ4v) is 2.33. The van der Waals surface area contributed by atoms with E-state index < -0.39 is 6.04 Å². The molecular weight excluding hydrogens is 266 g/mol. The van der Waals surface area contributed by atoms with Gasteiger partial charge in [0.1, 0.15) is 6.04 Å². The molecule has 0 aromatic carbocycles. The van der Waals surface area contributed by atoms with Crippen LogP contribution in [0.15, 0.2) is 12.7 Å². The van der Waals surface area contributed by atoms with Crippen molar-refractivity contribution in [1.29, 1.82) is 0 Å². The minimum Gasteiger partial charge on any atom is -0.464 e. The Labute approximate surface area is 129 Å². The number of nitrogens with zero attached hydrogens (tertiary/aromatic N) is 1. The molecule has 0 saturated heterocycles. The molecule has 0 rings (SSSR count). The molecule has 4 heteroatoms. The van der Waals surface area contributed by atoms with Gasteiger partial charge in [0.2, 0.25) is 5.91 Å². The lowest BCUT2D eigenvalue weighted by Gasteiger charge is -2.30. The first-order chi connectivity index (χ1) is 9.88. The largest absolute Gasteiger partial charge is 0.464 e. The van der Waals surface area contributed by atoms with E-state index in [0.29, 0.717) is 12.5 Å². The number of amides is 1. The van der Waals surface area contributed by atoms with Crippen LogP contribution in [-0.2, 0) is 14.3 Å². The Balaban J connectivity index is 4.54. The molecule has 122 valence electrons. The van der Waals surface area contributed by atoms with Gasteiger partial charge in [0, 0.05) is 6.04 Å². The lowest BCUT2D eigenvalue weighted by atomic mass is 10.0. The van der Waals surface area contributed by atoms with Gasteiger partial charge in [-0.05, 0) is 39.2 Å². The number of rotatable bonds is 10. The van der Waals surface area contributed by atoms with E-state index in [1.54, 1.807) is 6.92 Å². The normalized spacial score (nSPS) is 13.6. The van der Waals surface area contributed by atoms with Gasteiger partial charge in [-0.3, -0.25) is 4.79 Å². The molecule has 0 aromatic heterocycles. The maximum atomic E-state index is 12.2. The first kappa shape index (κ1) is 19.7. The van der Waals surface area contributed by atoms with Crippen LogP contribution < -0.4 is 0 Å². The zero-order valence-corrected chi connectivity index (χ0v) is 14.2. The zero-order valence-electron chi connectivity index (χ0n) is 14.2. The highest BCUT2D eigenvalue weighted by Gasteiger charge is 2.28. The van der Waals surface area contributed by atoms with E-state index in [0.717, 1.165) is 25.7 Å². The smallest absolute Gasteiger partial charge is 0.328 e. The third-order valence-electron chi connectivity index (χ3n) is 3.75. The maximum absolute atomic E-state index is 12.2. The molecule has 0 aromatic rings. The summed E-state index contributed by atoms with van der Waals surface area (Å²) in [4.78, 5) is 25.5. The van der Waals surface area contributed by atoms with Crippen molar-refractivity contribution in [1.82, 2.24) is 4.90 Å². The van der Waals surface area contributed by atoms with Crippen LogP contribution in [0.1, 0.15) is 60.3 Å². The van der Waals surface area contributed by atoms with Crippen molar-refractivity contribution in [2.24, 2.45) is 5.92 Å². The number of hydrogen-bond acceptors (Lipinski definition) is 3. The first-order valence-electron chi connectivity index (χ1n) is 8.00. The van der Waals surface area contributed by atoms with Crippen molar-refractivity contribution in [2.45, 2.75) is 72.4 Å². The Kier molecular flexibility index (Phi) is 9.76. The third kappa shape index (κ3) is 6.78. The molecule has 0 radical (unpaired) electrons. The van der Waals surface area contributed by atoms with Gasteiger partial charge < -0.3 is 9.64 Å². The monoisotopic (exact) mass is 297 g/mol. The van der Waals surface area contributed by atoms with Crippen LogP contribution in [0.5, 0.6) is 0 Å². The van der Waals surface area contributed by atoms with E-state index >= 15 is 0 Å². The molecule has 0 saturated carbocycles. The second kappa shape index (κ2) is 10.4. The highest BCUT2D eigenvalue weighted by molar-refractivity contribution is 5.91. The average Bonchev–Trinajstić information content (AvgIpc) is 2.46. The summed E-state index contributed by atoms with van der Waals surface area (Å²) in [5.41, 5.74) is 0. The molecule has 0 bridgehead atoms. The Hall–Kier alpha value is -1.32. The predicted octanol–water partition coefficient (Wildman–Crippen LogP) is 3.56. The second-order valence-corrected chi connectivity index (χ2v) is 5.77. The number of carbonyl (C=O) groups is 2. The molecule has 0 spiro atoms. The molecule has 2 unspecified atom stereocenters. The van der Waals surface area contributed by atoms with Crippen molar-refractivity contribution in [3.63, 3.8) is 0 Å². The van der Waals surface area contributed by atoms with Gasteiger partial charge in [0.05, 0.1) is 6.61 Å². The van der Waals surface area contributed by atoms with Crippen LogP contribution in [0, 0.1) is 5.92 Å². The van der Waals surface area contributed by atoms with Gasteiger partial charge in [-0.15, -0.1) is 0 Å². The summed E-state index contributed by atoms with van der Waals surface area (Å²) in [6.07, 6.45) is 5.61. The van der Waals surface area contributed by atoms with Crippen LogP contribution in [0.4, 0.5) is 0 Å². The number of unbranched alkanes of at least 4 members (excludes halogenated alkanes) is 1. The molecule has 0 aliphatic rings. The molecule has 0 aliphatic heterocycles. The summed E-state index contributed by atoms with van der Waals surface area (Å²) in [6.45, 7) is 13.6. The van der Waals surface area contributed by atoms with Crippen molar-refractivity contribution in [2.75, 3.05) is 6.61 Å². The first-order valence-corrected chi connectivity index (χ1v) is 8.00. The van der Waals surface area contributed by atoms with Gasteiger partial charge in [-0.2, -0.15) is 0 Å². The van der Waals surface area contributed by atoms with E-state index in [-0.39, 0.29) is 17.9 Å². The van der Waals surface area contributed by atoms with Crippen LogP contribution in [-0.4, -0.2) is 35.5 Å². The van der Waals surface area contributed by atoms with Crippen molar-refractivity contribution in [3.05, 3.63) is 12.7 Å². The maximum Gasteiger partial charge on any atom is 0.328 e. The van der Waals surface area contributed by atoms with E-state index in [1.807, 2.05) is 13.8 Å². The van der Waals surface area contributed by atoms with Gasteiger partial charge in [0.15, 0.2) is 0 Å². The summed E-state index contributed by atoms with van der Waals surface area (Å²) in [6, 6.07) is -0.653. The van der Waals surface area contributed by atoms with Gasteiger partial charge in [-0.25, -0.2) is 4.79 Å². The molecule has 2 atom stereocenters. The standard InChI is InChI=1S/C17H31NO3/c1-7-10-11-15(8-2)12-21-17(20)14(6)18(13(4)5)16(19)9-3/h9,13-15H,3,7-8,10-12H2,1-2,4-6H3. The van der Waals surface area contributed by atoms with Gasteiger partial charge >= 0.3 is 5.97 Å². The number of carbonyl (C=O) groups excluding carboxylic acids is 2. The van der Waals surface area contributed by atoms with Crippen LogP contribution in [0.3, 0.4) is 0 Å². The molecule has 0 N–H and O–H groups in total. The molecule has 0 fully saturated rings. The topological polar surface area (TPSA) is 46.6 Å². The molecule has 4 nitrogen and oxygen atoms in total. The lowest BCUT2D eigenvalue weighted by molar-refractivity contribution is -0.155. The molecule has 0 heterocycles. The molecular formula is C17H31NO3. The fraction of sp³-hybridized carbons (Fsp3) is 0.765. The molecule has 21 heavy (non-hydrogen) atoms. The highest BCUT2D eigenvalue weighted by Crippen LogP contribution is 2.14. The quantitative estimate of drug-likeness (QED) is 0.457. The van der Waals surface area contributed by atoms with E-state index in [2.05, 4.69) is 20.4 Å². The number of ether oxygens (including phenoxy) is 1. The number of hydrogen-bond donors (Lipinski definition) is 0. The lowest BCUT2D eigenvalue weighted by Crippen LogP contribution is -2.47. The summed E-state index contributed by atoms with van der Waals surface area (Å²) >= 11 is 0. The Bertz CT molecular complexity index is 339. The van der Waals surface area contributed by atoms with E-state index in [4.69, 9.17) is 4.74 Å². The SMILES string of the molecule is C=CC(=O)N(C(C)C)C(C)C(=O)OCC(CC)CCCC. The predicted molar refractivity (Wildman–Crippen MR) is 85.9 cm³/mol. The zero-order chi connectivity index (χ0) is 16.4. The minimum absolute atomic E-state index is 0.0693. The number of esters is 1. The van der Waals surface area contributed by atoms with Crippen LogP contribution >= 0.6 is 0 Å². The van der Waals surface area contributed by atoms with Crippen molar-refractivity contribution in [3.8, 4) is 0 Å². The molecule has 1 amide bonds. The second-order valence-electron chi connectivity index (χ2n) is 5.77. The summed E-state index contributed by atoms with van der Waals surface area (Å²) < 4.78 is 5.41. The Morgan fingerprint density at radius 3 is 2.29 bits per heavy atom. The third-order valence-corrected chi connectivity index (χ3v) is 3.75. The Morgan fingerprint density at radius 1 is 1.24 bits per heavy atom. The summed E-state index contributed by atoms with van der Waals surface area (Å²) in [5.74, 6) is -0.176. The van der Waals surface area contributed by atoms with E-state index in [9.17, 15) is 9.59 Å². The minimum atomic E-state index is -0.584. The van der Waals surface area contributed by atoms with Crippen LogP contribution in [0.2, 0.25) is 0 Å². The van der Waals surface area contributed by atoms with Crippen LogP contribution in [0.25, 0.3) is 0 Å². The van der Waals surface area contributed by atoms with Gasteiger partial charge in [-0.1, -0.05) is 39.7 Å². The molecule has 0 aliphatic carbocycles. The fourth-order valence-electron chi connectivity index (χ4n) is 2.33. The Morgan fingerprint density at radius 2 is 1.86 bits per heavy atom. The van der Waals surface area contributed by atoms with E-state index in [1.165, 1.54) is 11.0 Å². The van der Waals surface area contributed by atoms with Gasteiger partial charge in [0.25, 0.3) is 0 Å². The average molecular weight is 297 g/mol. The van der Waals surface area contributed by atoms with Crippen molar-refractivity contribution < 1.29 is 14.3 Å². The van der Waals surface area contributed by atoms with Crippen molar-refractivity contribution >= 4 is 11.9 Å². The summed E-state index contributed by atoms with van der Waals surface area (Å²) in [7, 11) is 0. The summed E-state index contributed by atoms with van der Waals surface area (Å²) in [5, 5.41) is 0. The highest BCUT2D eigenvalue weighted by atomic mass is 16.5.